The van der Waals surface area contributed by atoms with Gasteiger partial charge in [-0.1, -0.05) is 62.3 Å². The Morgan fingerprint density at radius 3 is 0.750 bits per heavy atom. The third kappa shape index (κ3) is 6.15. The molecular formula is C36H45F9O6Yb. The maximum absolute atomic E-state index is 12.5. The maximum Gasteiger partial charge on any atom is 0.449 e. The van der Waals surface area contributed by atoms with Crippen molar-refractivity contribution in [3.63, 3.8) is 0 Å². The van der Waals surface area contributed by atoms with Gasteiger partial charge < -0.3 is 15.3 Å². The van der Waals surface area contributed by atoms with Crippen LogP contribution in [0.15, 0.2) is 34.0 Å². The molecule has 0 aromatic rings. The van der Waals surface area contributed by atoms with Gasteiger partial charge in [-0.05, 0) is 72.5 Å². The molecule has 0 radical (unpaired) electrons. The Hall–Kier alpha value is -1.48. The SMILES string of the molecule is CC1(C)[C@@H]2CC[C@@]1(C)C(=O)/C2=C(\O)C(F)(F)F.CC1(C)[C@@H]2CC[C@@]1(C)C(=O)/C2=C(\O)C(F)(F)F.CC1(C)[C@@H]2CC[C@@]1(C)C(=O)/C2=C(\O)C(F)(F)F.[Yb]. The van der Waals surface area contributed by atoms with Crippen LogP contribution >= 0.6 is 0 Å². The first-order chi connectivity index (χ1) is 22.6. The molecule has 6 bridgehead atoms. The summed E-state index contributed by atoms with van der Waals surface area (Å²) in [5, 5.41) is 27.8. The average Bonchev–Trinajstić information content (AvgIpc) is 3.59. The molecule has 6 rings (SSSR count). The minimum Gasteiger partial charge on any atom is -0.504 e. The molecule has 302 valence electrons. The number of carbonyl (C=O) groups is 3. The van der Waals surface area contributed by atoms with Gasteiger partial charge in [0.2, 0.25) is 17.3 Å². The molecular weight excluding hydrogens is 872 g/mol. The number of hydrogen-bond acceptors (Lipinski definition) is 6. The van der Waals surface area contributed by atoms with Crippen LogP contribution in [0.3, 0.4) is 0 Å². The van der Waals surface area contributed by atoms with Crippen molar-refractivity contribution in [1.82, 2.24) is 0 Å². The molecule has 6 aliphatic rings. The summed E-state index contributed by atoms with van der Waals surface area (Å²) in [6.45, 7) is 15.9. The van der Waals surface area contributed by atoms with Crippen LogP contribution in [0.25, 0.3) is 0 Å². The fraction of sp³-hybridized carbons (Fsp3) is 0.750. The Balaban J connectivity index is 0.000000208. The van der Waals surface area contributed by atoms with Gasteiger partial charge in [0.05, 0.1) is 0 Å². The summed E-state index contributed by atoms with van der Waals surface area (Å²) in [5.41, 5.74) is -5.08. The molecule has 6 fully saturated rings. The predicted molar refractivity (Wildman–Crippen MR) is 166 cm³/mol. The van der Waals surface area contributed by atoms with E-state index in [9.17, 15) is 69.2 Å². The number of hydrogen-bond donors (Lipinski definition) is 3. The predicted octanol–water partition coefficient (Wildman–Crippen LogP) is 10.2. The Kier molecular flexibility index (Phi) is 11.3. The molecule has 6 atom stereocenters. The molecule has 0 spiro atoms. The van der Waals surface area contributed by atoms with Crippen molar-refractivity contribution in [2.75, 3.05) is 0 Å². The summed E-state index contributed by atoms with van der Waals surface area (Å²) in [5.74, 6) is -8.13. The zero-order valence-corrected chi connectivity index (χ0v) is 31.9. The topological polar surface area (TPSA) is 112 Å². The molecule has 0 heterocycles. The average molecular weight is 918 g/mol. The van der Waals surface area contributed by atoms with Gasteiger partial charge >= 0.3 is 18.5 Å². The molecule has 0 unspecified atom stereocenters. The number of carbonyl (C=O) groups excluding carboxylic acids is 3. The molecule has 0 saturated heterocycles. The van der Waals surface area contributed by atoms with E-state index in [-0.39, 0.29) is 46.9 Å². The molecule has 16 heteroatoms. The summed E-state index contributed by atoms with van der Waals surface area (Å²) in [6, 6.07) is 0. The van der Waals surface area contributed by atoms with E-state index >= 15 is 0 Å². The second kappa shape index (κ2) is 13.0. The molecule has 0 aliphatic heterocycles. The van der Waals surface area contributed by atoms with Gasteiger partial charge in [-0.3, -0.25) is 14.4 Å². The Bertz CT molecular complexity index is 1460. The standard InChI is InChI=1S/3C12H15F3O2.Yb/c3*1-10(2)6-4-5-11(10,3)8(16)7(6)9(17)12(13,14)15;/h3*6,17H,4-5H2,1-3H3;/b3*9-7-;/t3*6-,11+;/m111./s1. The number of aliphatic hydroxyl groups is 3. The zero-order valence-electron chi connectivity index (χ0n) is 30.2. The Labute approximate surface area is 335 Å². The number of halogens is 9. The quantitative estimate of drug-likeness (QED) is 0.127. The van der Waals surface area contributed by atoms with Crippen LogP contribution in [0.5, 0.6) is 0 Å². The first kappa shape index (κ1) is 44.9. The van der Waals surface area contributed by atoms with Crippen molar-refractivity contribution in [3.05, 3.63) is 34.0 Å². The van der Waals surface area contributed by atoms with E-state index in [1.807, 2.05) is 0 Å². The van der Waals surface area contributed by atoms with E-state index < -0.39 is 120 Å². The largest absolute Gasteiger partial charge is 0.504 e. The zero-order chi connectivity index (χ0) is 39.7. The number of ketones is 3. The normalized spacial score (nSPS) is 38.0. The van der Waals surface area contributed by atoms with E-state index in [1.54, 1.807) is 62.3 Å². The molecule has 0 aromatic carbocycles. The van der Waals surface area contributed by atoms with Crippen molar-refractivity contribution in [3.8, 4) is 0 Å². The molecule has 52 heavy (non-hydrogen) atoms. The first-order valence-electron chi connectivity index (χ1n) is 16.8. The van der Waals surface area contributed by atoms with Gasteiger partial charge in [0, 0.05) is 79.9 Å². The number of rotatable bonds is 0. The van der Waals surface area contributed by atoms with E-state index in [0.717, 1.165) is 0 Å². The van der Waals surface area contributed by atoms with Crippen molar-refractivity contribution in [1.29, 1.82) is 0 Å². The van der Waals surface area contributed by atoms with Gasteiger partial charge in [-0.15, -0.1) is 0 Å². The van der Waals surface area contributed by atoms with Crippen molar-refractivity contribution in [2.24, 2.45) is 50.2 Å². The fourth-order valence-electron chi connectivity index (χ4n) is 9.88. The number of alkyl halides is 9. The van der Waals surface area contributed by atoms with Crippen LogP contribution in [-0.2, 0) is 14.4 Å². The van der Waals surface area contributed by atoms with Gasteiger partial charge in [-0.25, -0.2) is 0 Å². The fourth-order valence-corrected chi connectivity index (χ4v) is 9.88. The second-order valence-corrected chi connectivity index (χ2v) is 17.2. The third-order valence-corrected chi connectivity index (χ3v) is 14.5. The number of aliphatic hydroxyl groups excluding tert-OH is 3. The van der Waals surface area contributed by atoms with E-state index in [4.69, 9.17) is 0 Å². The van der Waals surface area contributed by atoms with Crippen LogP contribution in [0.2, 0.25) is 0 Å². The minimum absolute atomic E-state index is 0. The molecule has 6 nitrogen and oxygen atoms in total. The number of allylic oxidation sites excluding steroid dienone is 6. The summed E-state index contributed by atoms with van der Waals surface area (Å²) in [6.07, 6.45) is -11.1. The monoisotopic (exact) mass is 918 g/mol. The van der Waals surface area contributed by atoms with Crippen LogP contribution in [-0.4, -0.2) is 51.2 Å². The summed E-state index contributed by atoms with van der Waals surface area (Å²) in [7, 11) is 0. The van der Waals surface area contributed by atoms with Crippen molar-refractivity contribution < 1.29 is 116 Å². The van der Waals surface area contributed by atoms with E-state index in [0.29, 0.717) is 38.5 Å². The van der Waals surface area contributed by atoms with Crippen LogP contribution < -0.4 is 0 Å². The molecule has 6 saturated carbocycles. The molecule has 6 aliphatic carbocycles. The van der Waals surface area contributed by atoms with Gasteiger partial charge in [-0.2, -0.15) is 39.5 Å². The molecule has 0 amide bonds. The second-order valence-electron chi connectivity index (χ2n) is 17.2. The Morgan fingerprint density at radius 2 is 0.635 bits per heavy atom. The maximum atomic E-state index is 12.5. The molecule has 0 aromatic heterocycles. The minimum atomic E-state index is -4.83. The number of fused-ring (bicyclic) bond motifs is 6. The molecule has 3 N–H and O–H groups in total. The van der Waals surface area contributed by atoms with Crippen LogP contribution in [0, 0.1) is 97.2 Å². The van der Waals surface area contributed by atoms with Crippen molar-refractivity contribution in [2.45, 2.75) is 119 Å². The van der Waals surface area contributed by atoms with Gasteiger partial charge in [0.1, 0.15) is 0 Å². The first-order valence-corrected chi connectivity index (χ1v) is 16.8. The van der Waals surface area contributed by atoms with E-state index in [1.165, 1.54) is 0 Å². The van der Waals surface area contributed by atoms with E-state index in [2.05, 4.69) is 0 Å². The third-order valence-electron chi connectivity index (χ3n) is 14.5. The summed E-state index contributed by atoms with van der Waals surface area (Å²) in [4.78, 5) is 36.2. The van der Waals surface area contributed by atoms with Crippen LogP contribution in [0.4, 0.5) is 39.5 Å². The van der Waals surface area contributed by atoms with Crippen LogP contribution in [0.1, 0.15) is 101 Å². The van der Waals surface area contributed by atoms with Gasteiger partial charge in [0.25, 0.3) is 0 Å². The number of Topliss-reactive ketones (excluding diaryl/α,β-unsaturated/α-hetero) is 3. The summed E-state index contributed by atoms with van der Waals surface area (Å²) >= 11 is 0. The Morgan fingerprint density at radius 1 is 0.462 bits per heavy atom. The summed E-state index contributed by atoms with van der Waals surface area (Å²) < 4.78 is 113. The van der Waals surface area contributed by atoms with Gasteiger partial charge in [0.15, 0.2) is 17.3 Å². The van der Waals surface area contributed by atoms with Crippen molar-refractivity contribution >= 4 is 17.3 Å². The smallest absolute Gasteiger partial charge is 0.449 e.